The maximum absolute atomic E-state index is 12.1. The van der Waals surface area contributed by atoms with Crippen LogP contribution in [0, 0.1) is 0 Å². The summed E-state index contributed by atoms with van der Waals surface area (Å²) >= 11 is 0. The zero-order chi connectivity index (χ0) is 21.2. The van der Waals surface area contributed by atoms with Gasteiger partial charge in [-0.05, 0) is 25.5 Å². The lowest BCUT2D eigenvalue weighted by molar-refractivity contribution is -0.148. The predicted molar refractivity (Wildman–Crippen MR) is 106 cm³/mol. The van der Waals surface area contributed by atoms with Gasteiger partial charge in [0.1, 0.15) is 24.5 Å². The molecule has 2 unspecified atom stereocenters. The number of aromatic hydroxyl groups is 1. The molecule has 0 bridgehead atoms. The molecule has 0 radical (unpaired) electrons. The van der Waals surface area contributed by atoms with Crippen LogP contribution in [-0.4, -0.2) is 47.8 Å². The molecule has 0 saturated heterocycles. The zero-order valence-corrected chi connectivity index (χ0v) is 16.8. The number of para-hydroxylation sites is 1. The highest BCUT2D eigenvalue weighted by Gasteiger charge is 2.20. The first kappa shape index (κ1) is 22.0. The van der Waals surface area contributed by atoms with Crippen LogP contribution in [0.1, 0.15) is 37.2 Å². The number of rotatable bonds is 10. The molecule has 1 aromatic carbocycles. The number of ether oxygens (including phenoxy) is 3. The van der Waals surface area contributed by atoms with Crippen LogP contribution < -0.4 is 14.8 Å². The van der Waals surface area contributed by atoms with Crippen LogP contribution in [0.25, 0.3) is 0 Å². The van der Waals surface area contributed by atoms with E-state index >= 15 is 0 Å². The molecule has 29 heavy (non-hydrogen) atoms. The third-order valence-corrected chi connectivity index (χ3v) is 4.14. The third-order valence-electron chi connectivity index (χ3n) is 4.14. The number of nitrogens with one attached hydrogen (secondary N) is 1. The molecule has 0 aliphatic heterocycles. The van der Waals surface area contributed by atoms with Crippen molar-refractivity contribution < 1.29 is 28.9 Å². The molecule has 0 aliphatic carbocycles. The van der Waals surface area contributed by atoms with Crippen molar-refractivity contribution in [3.05, 3.63) is 48.3 Å². The summed E-state index contributed by atoms with van der Waals surface area (Å²) in [6, 6.07) is 10.9. The lowest BCUT2D eigenvalue weighted by Gasteiger charge is -2.21. The number of amides is 1. The van der Waals surface area contributed by atoms with E-state index in [0.717, 1.165) is 12.2 Å². The Hall–Kier alpha value is -3.29. The van der Waals surface area contributed by atoms with Crippen LogP contribution in [0.5, 0.6) is 17.2 Å². The van der Waals surface area contributed by atoms with E-state index in [1.54, 1.807) is 6.92 Å². The topological polar surface area (TPSA) is 107 Å². The van der Waals surface area contributed by atoms with Gasteiger partial charge < -0.3 is 24.6 Å². The van der Waals surface area contributed by atoms with Crippen LogP contribution in [-0.2, 0) is 9.53 Å². The van der Waals surface area contributed by atoms with Gasteiger partial charge in [0.25, 0.3) is 5.91 Å². The minimum absolute atomic E-state index is 0.104. The summed E-state index contributed by atoms with van der Waals surface area (Å²) in [5.41, 5.74) is -0.229. The number of carbonyl (C=O) groups excluding carboxylic acids is 2. The van der Waals surface area contributed by atoms with Crippen LogP contribution in [0.15, 0.2) is 42.6 Å². The lowest BCUT2D eigenvalue weighted by Crippen LogP contribution is -2.33. The monoisotopic (exact) mass is 402 g/mol. The molecule has 2 aromatic rings. The van der Waals surface area contributed by atoms with Gasteiger partial charge in [-0.2, -0.15) is 0 Å². The SMILES string of the molecule is CCC(CC(C)OC(=O)CNC(=O)c1nccc(OC)c1O)Oc1ccccc1. The highest BCUT2D eigenvalue weighted by atomic mass is 16.5. The number of pyridine rings is 1. The molecule has 2 atom stereocenters. The number of methoxy groups -OCH3 is 1. The Kier molecular flexibility index (Phi) is 8.27. The van der Waals surface area contributed by atoms with Gasteiger partial charge in [0, 0.05) is 18.7 Å². The van der Waals surface area contributed by atoms with Gasteiger partial charge >= 0.3 is 5.97 Å². The highest BCUT2D eigenvalue weighted by Crippen LogP contribution is 2.27. The molecule has 1 amide bonds. The minimum atomic E-state index is -0.704. The summed E-state index contributed by atoms with van der Waals surface area (Å²) in [4.78, 5) is 28.0. The summed E-state index contributed by atoms with van der Waals surface area (Å²) in [5, 5.41) is 12.3. The average Bonchev–Trinajstić information content (AvgIpc) is 2.72. The quantitative estimate of drug-likeness (QED) is 0.589. The maximum Gasteiger partial charge on any atom is 0.325 e. The van der Waals surface area contributed by atoms with Gasteiger partial charge in [-0.1, -0.05) is 25.1 Å². The molecular formula is C21H26N2O6. The van der Waals surface area contributed by atoms with Crippen molar-refractivity contribution in [2.45, 2.75) is 38.9 Å². The number of nitrogens with zero attached hydrogens (tertiary/aromatic N) is 1. The van der Waals surface area contributed by atoms with Crippen molar-refractivity contribution in [2.24, 2.45) is 0 Å². The number of esters is 1. The standard InChI is InChI=1S/C21H26N2O6/c1-4-15(29-16-8-6-5-7-9-16)12-14(2)28-18(24)13-23-21(26)19-20(25)17(27-3)10-11-22-19/h5-11,14-15,25H,4,12-13H2,1-3H3,(H,23,26). The second-order valence-electron chi connectivity index (χ2n) is 6.39. The van der Waals surface area contributed by atoms with Crippen molar-refractivity contribution in [1.82, 2.24) is 10.3 Å². The second-order valence-corrected chi connectivity index (χ2v) is 6.39. The van der Waals surface area contributed by atoms with Gasteiger partial charge in [-0.15, -0.1) is 0 Å². The average molecular weight is 402 g/mol. The predicted octanol–water partition coefficient (Wildman–Crippen LogP) is 2.71. The summed E-state index contributed by atoms with van der Waals surface area (Å²) in [6.07, 6.45) is 2.10. The van der Waals surface area contributed by atoms with Gasteiger partial charge in [0.05, 0.1) is 7.11 Å². The molecule has 8 heteroatoms. The molecule has 8 nitrogen and oxygen atoms in total. The first-order valence-corrected chi connectivity index (χ1v) is 9.35. The van der Waals surface area contributed by atoms with Crippen LogP contribution in [0.4, 0.5) is 0 Å². The molecule has 0 aliphatic rings. The largest absolute Gasteiger partial charge is 0.503 e. The normalized spacial score (nSPS) is 12.5. The Labute approximate surface area is 169 Å². The van der Waals surface area contributed by atoms with E-state index in [4.69, 9.17) is 14.2 Å². The molecule has 0 spiro atoms. The van der Waals surface area contributed by atoms with E-state index in [2.05, 4.69) is 10.3 Å². The van der Waals surface area contributed by atoms with Gasteiger partial charge in [-0.3, -0.25) is 9.59 Å². The first-order chi connectivity index (χ1) is 13.9. The summed E-state index contributed by atoms with van der Waals surface area (Å²) in [6.45, 7) is 3.42. The Morgan fingerprint density at radius 2 is 1.93 bits per heavy atom. The summed E-state index contributed by atoms with van der Waals surface area (Å²) in [5.74, 6) is -0.813. The van der Waals surface area contributed by atoms with Crippen molar-refractivity contribution in [3.63, 3.8) is 0 Å². The summed E-state index contributed by atoms with van der Waals surface area (Å²) < 4.78 is 16.2. The van der Waals surface area contributed by atoms with Crippen molar-refractivity contribution in [1.29, 1.82) is 0 Å². The smallest absolute Gasteiger partial charge is 0.325 e. The number of aromatic nitrogens is 1. The van der Waals surface area contributed by atoms with E-state index in [0.29, 0.717) is 6.42 Å². The van der Waals surface area contributed by atoms with E-state index in [-0.39, 0.29) is 24.1 Å². The molecule has 2 N–H and O–H groups in total. The van der Waals surface area contributed by atoms with Crippen LogP contribution in [0.2, 0.25) is 0 Å². The number of benzene rings is 1. The number of carbonyl (C=O) groups is 2. The molecule has 156 valence electrons. The fourth-order valence-corrected chi connectivity index (χ4v) is 2.68. The third kappa shape index (κ3) is 6.67. The van der Waals surface area contributed by atoms with E-state index in [1.165, 1.54) is 19.4 Å². The molecule has 0 fully saturated rings. The first-order valence-electron chi connectivity index (χ1n) is 9.35. The molecule has 1 heterocycles. The van der Waals surface area contributed by atoms with Crippen molar-refractivity contribution >= 4 is 11.9 Å². The molecule has 2 rings (SSSR count). The van der Waals surface area contributed by atoms with Gasteiger partial charge in [0.2, 0.25) is 0 Å². The Morgan fingerprint density at radius 3 is 2.59 bits per heavy atom. The van der Waals surface area contributed by atoms with E-state index in [9.17, 15) is 14.7 Å². The van der Waals surface area contributed by atoms with Crippen molar-refractivity contribution in [2.75, 3.05) is 13.7 Å². The number of hydrogen-bond donors (Lipinski definition) is 2. The van der Waals surface area contributed by atoms with Gasteiger partial charge in [-0.25, -0.2) is 4.98 Å². The number of hydrogen-bond acceptors (Lipinski definition) is 7. The van der Waals surface area contributed by atoms with E-state index in [1.807, 2.05) is 37.3 Å². The Morgan fingerprint density at radius 1 is 1.21 bits per heavy atom. The van der Waals surface area contributed by atoms with E-state index < -0.39 is 23.7 Å². The molecule has 0 saturated carbocycles. The highest BCUT2D eigenvalue weighted by molar-refractivity contribution is 5.97. The Balaban J connectivity index is 1.81. The zero-order valence-electron chi connectivity index (χ0n) is 16.8. The summed E-state index contributed by atoms with van der Waals surface area (Å²) in [7, 11) is 1.36. The maximum atomic E-state index is 12.1. The molecule has 1 aromatic heterocycles. The fraction of sp³-hybridized carbons (Fsp3) is 0.381. The van der Waals surface area contributed by atoms with Crippen LogP contribution >= 0.6 is 0 Å². The van der Waals surface area contributed by atoms with Crippen LogP contribution in [0.3, 0.4) is 0 Å². The fourth-order valence-electron chi connectivity index (χ4n) is 2.68. The minimum Gasteiger partial charge on any atom is -0.503 e. The second kappa shape index (κ2) is 10.9. The lowest BCUT2D eigenvalue weighted by atomic mass is 10.1. The molecular weight excluding hydrogens is 376 g/mol. The van der Waals surface area contributed by atoms with Gasteiger partial charge in [0.15, 0.2) is 17.2 Å². The van der Waals surface area contributed by atoms with Crippen molar-refractivity contribution in [3.8, 4) is 17.2 Å². The Bertz CT molecular complexity index is 812.